The van der Waals surface area contributed by atoms with Gasteiger partial charge in [0.2, 0.25) is 5.89 Å². The summed E-state index contributed by atoms with van der Waals surface area (Å²) >= 11 is 0. The summed E-state index contributed by atoms with van der Waals surface area (Å²) in [4.78, 5) is 19.1. The normalized spacial score (nSPS) is 18.1. The first-order chi connectivity index (χ1) is 13.6. The third-order valence-electron chi connectivity index (χ3n) is 5.29. The molecule has 2 aromatic carbocycles. The van der Waals surface area contributed by atoms with Gasteiger partial charge in [0.25, 0.3) is 5.91 Å². The highest BCUT2D eigenvalue weighted by atomic mass is 19.1. The van der Waals surface area contributed by atoms with Crippen molar-refractivity contribution in [3.05, 3.63) is 83.3 Å². The standard InChI is InChI=1S/C22H22FN3O2/c1-15(16-6-3-2-4-7-16)21-24-20(25-28-21)18-8-5-13-26(14-18)22(27)17-9-11-19(23)12-10-17/h2-4,6-7,9-12,15,18H,5,8,13-14H2,1H3/t15-,18+/m1/s1. The van der Waals surface area contributed by atoms with Crippen LogP contribution in [0, 0.1) is 5.82 Å². The molecule has 1 aromatic heterocycles. The molecule has 0 aliphatic carbocycles. The highest BCUT2D eigenvalue weighted by Gasteiger charge is 2.29. The number of hydrogen-bond donors (Lipinski definition) is 0. The van der Waals surface area contributed by atoms with Crippen molar-refractivity contribution in [2.24, 2.45) is 0 Å². The highest BCUT2D eigenvalue weighted by molar-refractivity contribution is 5.94. The van der Waals surface area contributed by atoms with Crippen molar-refractivity contribution >= 4 is 5.91 Å². The van der Waals surface area contributed by atoms with Crippen molar-refractivity contribution in [1.29, 1.82) is 0 Å². The predicted octanol–water partition coefficient (Wildman–Crippen LogP) is 4.38. The first-order valence-corrected chi connectivity index (χ1v) is 9.55. The fourth-order valence-corrected chi connectivity index (χ4v) is 3.62. The van der Waals surface area contributed by atoms with Crippen molar-refractivity contribution in [1.82, 2.24) is 15.0 Å². The third-order valence-corrected chi connectivity index (χ3v) is 5.29. The first kappa shape index (κ1) is 18.3. The Morgan fingerprint density at radius 3 is 2.68 bits per heavy atom. The molecule has 0 saturated carbocycles. The average Bonchev–Trinajstić information content (AvgIpc) is 3.24. The van der Waals surface area contributed by atoms with Gasteiger partial charge in [0.15, 0.2) is 5.82 Å². The Kier molecular flexibility index (Phi) is 5.19. The predicted molar refractivity (Wildman–Crippen MR) is 103 cm³/mol. The number of amides is 1. The molecule has 4 rings (SSSR count). The van der Waals surface area contributed by atoms with Crippen molar-refractivity contribution in [2.75, 3.05) is 13.1 Å². The van der Waals surface area contributed by atoms with Crippen LogP contribution in [0.1, 0.15) is 59.2 Å². The molecule has 6 heteroatoms. The molecule has 1 amide bonds. The van der Waals surface area contributed by atoms with Gasteiger partial charge in [0, 0.05) is 24.6 Å². The Balaban J connectivity index is 1.47. The lowest BCUT2D eigenvalue weighted by Gasteiger charge is -2.31. The van der Waals surface area contributed by atoms with E-state index >= 15 is 0 Å². The van der Waals surface area contributed by atoms with Crippen LogP contribution in [-0.4, -0.2) is 34.0 Å². The van der Waals surface area contributed by atoms with E-state index < -0.39 is 0 Å². The maximum absolute atomic E-state index is 13.1. The zero-order valence-electron chi connectivity index (χ0n) is 15.7. The van der Waals surface area contributed by atoms with Crippen LogP contribution >= 0.6 is 0 Å². The molecule has 28 heavy (non-hydrogen) atoms. The smallest absolute Gasteiger partial charge is 0.253 e. The number of nitrogens with zero attached hydrogens (tertiary/aromatic N) is 3. The van der Waals surface area contributed by atoms with Gasteiger partial charge in [-0.3, -0.25) is 4.79 Å². The maximum Gasteiger partial charge on any atom is 0.253 e. The number of carbonyl (C=O) groups is 1. The van der Waals surface area contributed by atoms with E-state index in [4.69, 9.17) is 4.52 Å². The Labute approximate surface area is 163 Å². The fourth-order valence-electron chi connectivity index (χ4n) is 3.62. The molecule has 2 heterocycles. The van der Waals surface area contributed by atoms with Crippen LogP contribution in [0.2, 0.25) is 0 Å². The van der Waals surface area contributed by atoms with Gasteiger partial charge in [-0.2, -0.15) is 4.98 Å². The molecule has 5 nitrogen and oxygen atoms in total. The molecule has 0 radical (unpaired) electrons. The second kappa shape index (κ2) is 7.92. The molecule has 3 aromatic rings. The summed E-state index contributed by atoms with van der Waals surface area (Å²) in [6.07, 6.45) is 1.78. The Morgan fingerprint density at radius 1 is 1.18 bits per heavy atom. The van der Waals surface area contributed by atoms with Crippen LogP contribution in [0.5, 0.6) is 0 Å². The molecular formula is C22H22FN3O2. The number of carbonyl (C=O) groups excluding carboxylic acids is 1. The van der Waals surface area contributed by atoms with Crippen LogP contribution in [0.25, 0.3) is 0 Å². The van der Waals surface area contributed by atoms with E-state index in [1.807, 2.05) is 37.3 Å². The lowest BCUT2D eigenvalue weighted by molar-refractivity contribution is 0.0703. The number of aromatic nitrogens is 2. The number of hydrogen-bond acceptors (Lipinski definition) is 4. The van der Waals surface area contributed by atoms with E-state index in [9.17, 15) is 9.18 Å². The zero-order valence-corrected chi connectivity index (χ0v) is 15.7. The molecule has 0 bridgehead atoms. The molecule has 1 fully saturated rings. The molecule has 144 valence electrons. The summed E-state index contributed by atoms with van der Waals surface area (Å²) in [5.41, 5.74) is 1.61. The number of halogens is 1. The average molecular weight is 379 g/mol. The van der Waals surface area contributed by atoms with E-state index in [1.54, 1.807) is 4.90 Å². The second-order valence-corrected chi connectivity index (χ2v) is 7.22. The number of piperidine rings is 1. The Morgan fingerprint density at radius 2 is 1.93 bits per heavy atom. The quantitative estimate of drug-likeness (QED) is 0.675. The van der Waals surface area contributed by atoms with Crippen molar-refractivity contribution < 1.29 is 13.7 Å². The zero-order chi connectivity index (χ0) is 19.5. The fraction of sp³-hybridized carbons (Fsp3) is 0.318. The molecule has 1 aliphatic heterocycles. The summed E-state index contributed by atoms with van der Waals surface area (Å²) < 4.78 is 18.6. The molecule has 0 unspecified atom stereocenters. The summed E-state index contributed by atoms with van der Waals surface area (Å²) in [5.74, 6) is 0.852. The van der Waals surface area contributed by atoms with Crippen molar-refractivity contribution in [3.63, 3.8) is 0 Å². The van der Waals surface area contributed by atoms with E-state index in [2.05, 4.69) is 10.1 Å². The van der Waals surface area contributed by atoms with Gasteiger partial charge in [-0.1, -0.05) is 35.5 Å². The first-order valence-electron chi connectivity index (χ1n) is 9.55. The van der Waals surface area contributed by atoms with E-state index in [-0.39, 0.29) is 23.6 Å². The molecule has 2 atom stereocenters. The number of likely N-dealkylation sites (tertiary alicyclic amines) is 1. The van der Waals surface area contributed by atoms with Crippen molar-refractivity contribution in [3.8, 4) is 0 Å². The molecular weight excluding hydrogens is 357 g/mol. The lowest BCUT2D eigenvalue weighted by atomic mass is 9.96. The van der Waals surface area contributed by atoms with Gasteiger partial charge >= 0.3 is 0 Å². The molecule has 1 aliphatic rings. The SMILES string of the molecule is C[C@H](c1ccccc1)c1nc([C@H]2CCCN(C(=O)c3ccc(F)cc3)C2)no1. The minimum absolute atomic E-state index is 0.0167. The Bertz CT molecular complexity index is 940. The van der Waals surface area contributed by atoms with Gasteiger partial charge in [0.05, 0.1) is 5.92 Å². The van der Waals surface area contributed by atoms with E-state index in [1.165, 1.54) is 24.3 Å². The van der Waals surface area contributed by atoms with E-state index in [0.717, 1.165) is 18.4 Å². The molecule has 0 spiro atoms. The van der Waals surface area contributed by atoms with Gasteiger partial charge < -0.3 is 9.42 Å². The second-order valence-electron chi connectivity index (χ2n) is 7.22. The molecule has 0 N–H and O–H groups in total. The van der Waals surface area contributed by atoms with Crippen LogP contribution in [0.15, 0.2) is 59.1 Å². The largest absolute Gasteiger partial charge is 0.339 e. The minimum atomic E-state index is -0.347. The van der Waals surface area contributed by atoms with E-state index in [0.29, 0.717) is 30.4 Å². The number of benzene rings is 2. The monoisotopic (exact) mass is 379 g/mol. The van der Waals surface area contributed by atoms with Gasteiger partial charge in [-0.05, 0) is 49.6 Å². The highest BCUT2D eigenvalue weighted by Crippen LogP contribution is 2.28. The lowest BCUT2D eigenvalue weighted by Crippen LogP contribution is -2.39. The molecule has 1 saturated heterocycles. The van der Waals surface area contributed by atoms with Gasteiger partial charge in [-0.25, -0.2) is 4.39 Å². The van der Waals surface area contributed by atoms with Crippen molar-refractivity contribution in [2.45, 2.75) is 31.6 Å². The summed E-state index contributed by atoms with van der Waals surface area (Å²) in [6, 6.07) is 15.7. The maximum atomic E-state index is 13.1. The summed E-state index contributed by atoms with van der Waals surface area (Å²) in [5, 5.41) is 4.19. The third kappa shape index (κ3) is 3.81. The minimum Gasteiger partial charge on any atom is -0.339 e. The summed E-state index contributed by atoms with van der Waals surface area (Å²) in [7, 11) is 0. The summed E-state index contributed by atoms with van der Waals surface area (Å²) in [6.45, 7) is 3.25. The van der Waals surface area contributed by atoms with Crippen LogP contribution < -0.4 is 0 Å². The van der Waals surface area contributed by atoms with Gasteiger partial charge in [-0.15, -0.1) is 0 Å². The Hall–Kier alpha value is -3.02. The van der Waals surface area contributed by atoms with Crippen LogP contribution in [-0.2, 0) is 0 Å². The topological polar surface area (TPSA) is 59.2 Å². The van der Waals surface area contributed by atoms with Gasteiger partial charge in [0.1, 0.15) is 5.82 Å². The number of rotatable bonds is 4. The van der Waals surface area contributed by atoms with Crippen LogP contribution in [0.4, 0.5) is 4.39 Å². The van der Waals surface area contributed by atoms with Crippen LogP contribution in [0.3, 0.4) is 0 Å².